The van der Waals surface area contributed by atoms with E-state index in [4.69, 9.17) is 4.74 Å². The minimum atomic E-state index is 0.0921. The molecule has 2 aromatic heterocycles. The fourth-order valence-electron chi connectivity index (χ4n) is 3.09. The van der Waals surface area contributed by atoms with Crippen molar-refractivity contribution in [3.05, 3.63) is 47.6 Å². The van der Waals surface area contributed by atoms with Gasteiger partial charge in [-0.25, -0.2) is 9.97 Å². The molecule has 0 spiro atoms. The number of anilines is 1. The number of nitrogens with one attached hydrogen (secondary N) is 1. The summed E-state index contributed by atoms with van der Waals surface area (Å²) in [5.41, 5.74) is 2.12. The third kappa shape index (κ3) is 3.48. The molecule has 1 fully saturated rings. The molecule has 0 radical (unpaired) electrons. The first kappa shape index (κ1) is 16.8. The Bertz CT molecular complexity index is 903. The molecule has 134 valence electrons. The van der Waals surface area contributed by atoms with Crippen LogP contribution in [0, 0.1) is 0 Å². The second-order valence-electron chi connectivity index (χ2n) is 6.35. The van der Waals surface area contributed by atoms with E-state index in [1.807, 2.05) is 35.7 Å². The van der Waals surface area contributed by atoms with Crippen LogP contribution in [-0.2, 0) is 11.2 Å². The largest absolute Gasteiger partial charge is 0.497 e. The fraction of sp³-hybridized carbons (Fsp3) is 0.316. The molecule has 0 atom stereocenters. The van der Waals surface area contributed by atoms with Crippen LogP contribution < -0.4 is 15.0 Å². The SMILES string of the molecule is COc1ccc(CCC(=O)NC2CN(c3ncnc4ccsc34)C2)cc1. The molecule has 6 nitrogen and oxygen atoms in total. The summed E-state index contributed by atoms with van der Waals surface area (Å²) in [5.74, 6) is 1.89. The Labute approximate surface area is 155 Å². The Morgan fingerprint density at radius 3 is 2.85 bits per heavy atom. The molecule has 1 aliphatic rings. The smallest absolute Gasteiger partial charge is 0.220 e. The van der Waals surface area contributed by atoms with E-state index >= 15 is 0 Å². The average molecular weight is 368 g/mol. The number of nitrogens with zero attached hydrogens (tertiary/aromatic N) is 3. The molecule has 0 bridgehead atoms. The van der Waals surface area contributed by atoms with E-state index in [0.717, 1.165) is 46.9 Å². The topological polar surface area (TPSA) is 67.3 Å². The lowest BCUT2D eigenvalue weighted by molar-refractivity contribution is -0.121. The first-order valence-electron chi connectivity index (χ1n) is 8.58. The first-order valence-corrected chi connectivity index (χ1v) is 9.46. The second-order valence-corrected chi connectivity index (χ2v) is 7.27. The van der Waals surface area contributed by atoms with E-state index in [9.17, 15) is 4.79 Å². The molecule has 0 unspecified atom stereocenters. The number of hydrogen-bond donors (Lipinski definition) is 1. The second kappa shape index (κ2) is 7.29. The van der Waals surface area contributed by atoms with Crippen molar-refractivity contribution in [3.8, 4) is 5.75 Å². The van der Waals surface area contributed by atoms with Crippen molar-refractivity contribution in [1.29, 1.82) is 0 Å². The number of aryl methyl sites for hydroxylation is 1. The van der Waals surface area contributed by atoms with Gasteiger partial charge < -0.3 is 15.0 Å². The van der Waals surface area contributed by atoms with Crippen LogP contribution >= 0.6 is 11.3 Å². The molecule has 3 aromatic rings. The van der Waals surface area contributed by atoms with Crippen LogP contribution in [0.2, 0.25) is 0 Å². The summed E-state index contributed by atoms with van der Waals surface area (Å²) in [7, 11) is 1.65. The quantitative estimate of drug-likeness (QED) is 0.724. The molecule has 1 N–H and O–H groups in total. The summed E-state index contributed by atoms with van der Waals surface area (Å²) in [6, 6.07) is 10.0. The summed E-state index contributed by atoms with van der Waals surface area (Å²) in [4.78, 5) is 23.0. The lowest BCUT2D eigenvalue weighted by atomic mass is 10.1. The van der Waals surface area contributed by atoms with Gasteiger partial charge in [0.15, 0.2) is 0 Å². The number of carbonyl (C=O) groups is 1. The zero-order valence-corrected chi connectivity index (χ0v) is 15.3. The first-order chi connectivity index (χ1) is 12.7. The van der Waals surface area contributed by atoms with Crippen molar-refractivity contribution in [2.24, 2.45) is 0 Å². The van der Waals surface area contributed by atoms with E-state index in [2.05, 4.69) is 20.2 Å². The minimum Gasteiger partial charge on any atom is -0.497 e. The van der Waals surface area contributed by atoms with Crippen LogP contribution in [0.25, 0.3) is 10.2 Å². The van der Waals surface area contributed by atoms with E-state index < -0.39 is 0 Å². The van der Waals surface area contributed by atoms with Crippen molar-refractivity contribution in [3.63, 3.8) is 0 Å². The van der Waals surface area contributed by atoms with Crippen LogP contribution in [0.5, 0.6) is 5.75 Å². The fourth-order valence-corrected chi connectivity index (χ4v) is 3.96. The molecule has 1 amide bonds. The maximum atomic E-state index is 12.2. The normalized spacial score (nSPS) is 14.3. The number of benzene rings is 1. The molecule has 1 aromatic carbocycles. The molecule has 1 saturated heterocycles. The standard InChI is InChI=1S/C19H20N4O2S/c1-25-15-5-2-13(3-6-15)4-7-17(24)22-14-10-23(11-14)19-18-16(8-9-26-18)20-12-21-19/h2-3,5-6,8-9,12,14H,4,7,10-11H2,1H3,(H,22,24). The van der Waals surface area contributed by atoms with Gasteiger partial charge in [0.25, 0.3) is 0 Å². The van der Waals surface area contributed by atoms with Gasteiger partial charge in [0.1, 0.15) is 17.9 Å². The summed E-state index contributed by atoms with van der Waals surface area (Å²) < 4.78 is 6.25. The Morgan fingerprint density at radius 1 is 1.27 bits per heavy atom. The molecule has 0 saturated carbocycles. The van der Waals surface area contributed by atoms with Gasteiger partial charge >= 0.3 is 0 Å². The molecule has 0 aliphatic carbocycles. The average Bonchev–Trinajstić information content (AvgIpc) is 3.12. The summed E-state index contributed by atoms with van der Waals surface area (Å²) in [6.07, 6.45) is 2.82. The maximum Gasteiger partial charge on any atom is 0.220 e. The van der Waals surface area contributed by atoms with Crippen LogP contribution in [0.1, 0.15) is 12.0 Å². The highest BCUT2D eigenvalue weighted by Crippen LogP contribution is 2.30. The zero-order chi connectivity index (χ0) is 17.9. The zero-order valence-electron chi connectivity index (χ0n) is 14.5. The van der Waals surface area contributed by atoms with Gasteiger partial charge in [-0.05, 0) is 35.6 Å². The molecule has 4 rings (SSSR count). The predicted octanol–water partition coefficient (Wildman–Crippen LogP) is 2.64. The lowest BCUT2D eigenvalue weighted by Gasteiger charge is -2.40. The highest BCUT2D eigenvalue weighted by Gasteiger charge is 2.30. The number of amides is 1. The van der Waals surface area contributed by atoms with Crippen LogP contribution in [0.3, 0.4) is 0 Å². The van der Waals surface area contributed by atoms with E-state index in [1.54, 1.807) is 24.8 Å². The van der Waals surface area contributed by atoms with Crippen molar-refractivity contribution in [2.45, 2.75) is 18.9 Å². The van der Waals surface area contributed by atoms with E-state index in [0.29, 0.717) is 6.42 Å². The maximum absolute atomic E-state index is 12.2. The number of rotatable bonds is 6. The van der Waals surface area contributed by atoms with E-state index in [1.165, 1.54) is 0 Å². The van der Waals surface area contributed by atoms with Crippen LogP contribution in [0.15, 0.2) is 42.0 Å². The van der Waals surface area contributed by atoms with Gasteiger partial charge in [0, 0.05) is 19.5 Å². The van der Waals surface area contributed by atoms with Gasteiger partial charge in [-0.2, -0.15) is 0 Å². The summed E-state index contributed by atoms with van der Waals surface area (Å²) in [5, 5.41) is 5.13. The van der Waals surface area contributed by atoms with Gasteiger partial charge in [-0.3, -0.25) is 4.79 Å². The molecule has 1 aliphatic heterocycles. The minimum absolute atomic E-state index is 0.0921. The third-order valence-electron chi connectivity index (χ3n) is 4.57. The number of ether oxygens (including phenoxy) is 1. The van der Waals surface area contributed by atoms with Crippen molar-refractivity contribution >= 4 is 33.3 Å². The lowest BCUT2D eigenvalue weighted by Crippen LogP contribution is -2.59. The molecule has 7 heteroatoms. The Kier molecular flexibility index (Phi) is 4.71. The van der Waals surface area contributed by atoms with Gasteiger partial charge in [0.2, 0.25) is 5.91 Å². The number of aromatic nitrogens is 2. The van der Waals surface area contributed by atoms with Crippen molar-refractivity contribution in [2.75, 3.05) is 25.1 Å². The number of methoxy groups -OCH3 is 1. The third-order valence-corrected chi connectivity index (χ3v) is 5.47. The number of hydrogen-bond acceptors (Lipinski definition) is 6. The monoisotopic (exact) mass is 368 g/mol. The predicted molar refractivity (Wildman–Crippen MR) is 103 cm³/mol. The van der Waals surface area contributed by atoms with E-state index in [-0.39, 0.29) is 11.9 Å². The van der Waals surface area contributed by atoms with Crippen LogP contribution in [0.4, 0.5) is 5.82 Å². The number of carbonyl (C=O) groups excluding carboxylic acids is 1. The number of fused-ring (bicyclic) bond motifs is 1. The van der Waals surface area contributed by atoms with Crippen molar-refractivity contribution < 1.29 is 9.53 Å². The van der Waals surface area contributed by atoms with Crippen LogP contribution in [-0.4, -0.2) is 42.1 Å². The molecular formula is C19H20N4O2S. The van der Waals surface area contributed by atoms with Gasteiger partial charge in [0.05, 0.1) is 23.4 Å². The molecule has 3 heterocycles. The number of thiophene rings is 1. The highest BCUT2D eigenvalue weighted by atomic mass is 32.1. The summed E-state index contributed by atoms with van der Waals surface area (Å²) >= 11 is 1.65. The van der Waals surface area contributed by atoms with Crippen molar-refractivity contribution in [1.82, 2.24) is 15.3 Å². The molecular weight excluding hydrogens is 348 g/mol. The van der Waals surface area contributed by atoms with Gasteiger partial charge in [-0.15, -0.1) is 11.3 Å². The molecule has 26 heavy (non-hydrogen) atoms. The Hall–Kier alpha value is -2.67. The van der Waals surface area contributed by atoms with Gasteiger partial charge in [-0.1, -0.05) is 12.1 Å². The highest BCUT2D eigenvalue weighted by molar-refractivity contribution is 7.17. The summed E-state index contributed by atoms with van der Waals surface area (Å²) in [6.45, 7) is 1.58. The Balaban J connectivity index is 1.26. The Morgan fingerprint density at radius 2 is 2.08 bits per heavy atom.